The van der Waals surface area contributed by atoms with Crippen molar-refractivity contribution in [1.29, 1.82) is 0 Å². The monoisotopic (exact) mass is 377 g/mol. The largest absolute Gasteiger partial charge is 0.333 e. The molecule has 1 aromatic heterocycles. The van der Waals surface area contributed by atoms with Crippen LogP contribution in [-0.2, 0) is 11.3 Å². The second-order valence-electron chi connectivity index (χ2n) is 5.96. The normalized spacial score (nSPS) is 12.0. The second kappa shape index (κ2) is 8.00. The van der Waals surface area contributed by atoms with E-state index in [-0.39, 0.29) is 13.1 Å². The topological polar surface area (TPSA) is 72.5 Å². The minimum Gasteiger partial charge on any atom is -0.333 e. The van der Waals surface area contributed by atoms with Gasteiger partial charge in [-0.2, -0.15) is 4.98 Å². The number of hydrogen-bond acceptors (Lipinski definition) is 4. The van der Waals surface area contributed by atoms with Gasteiger partial charge in [-0.1, -0.05) is 35.5 Å². The van der Waals surface area contributed by atoms with Crippen molar-refractivity contribution in [2.45, 2.75) is 6.54 Å². The van der Waals surface area contributed by atoms with Gasteiger partial charge < -0.3 is 14.7 Å². The molecule has 140 valence electrons. The number of benzene rings is 2. The molecule has 2 N–H and O–H groups in total. The molecule has 3 rings (SSSR count). The van der Waals surface area contributed by atoms with E-state index in [9.17, 15) is 18.0 Å². The third-order valence-electron chi connectivity index (χ3n) is 3.72. The van der Waals surface area contributed by atoms with Crippen LogP contribution in [0.4, 0.5) is 18.9 Å². The van der Waals surface area contributed by atoms with E-state index in [4.69, 9.17) is 4.52 Å². The number of hydrogen-bond donors (Lipinski definition) is 2. The van der Waals surface area contributed by atoms with Crippen molar-refractivity contribution in [3.05, 3.63) is 65.8 Å². The number of anilines is 1. The summed E-state index contributed by atoms with van der Waals surface area (Å²) in [5.41, 5.74) is 0.382. The average Bonchev–Trinajstić information content (AvgIpc) is 3.11. The van der Waals surface area contributed by atoms with Crippen molar-refractivity contribution in [3.63, 3.8) is 0 Å². The molecule has 0 saturated carbocycles. The Balaban J connectivity index is 1.58. The summed E-state index contributed by atoms with van der Waals surface area (Å²) in [6.45, 7) is 0.189. The summed E-state index contributed by atoms with van der Waals surface area (Å²) in [6, 6.07) is 11.0. The Morgan fingerprint density at radius 2 is 1.85 bits per heavy atom. The zero-order valence-corrected chi connectivity index (χ0v) is 14.3. The number of quaternary nitrogens is 1. The van der Waals surface area contributed by atoms with Crippen LogP contribution in [0.15, 0.2) is 47.0 Å². The van der Waals surface area contributed by atoms with Crippen molar-refractivity contribution >= 4 is 11.6 Å². The van der Waals surface area contributed by atoms with Crippen LogP contribution in [-0.4, -0.2) is 29.6 Å². The summed E-state index contributed by atoms with van der Waals surface area (Å²) in [7, 11) is 1.70. The van der Waals surface area contributed by atoms with E-state index in [1.807, 2.05) is 30.3 Å². The number of carbonyl (C=O) groups excluding carboxylic acids is 1. The first-order valence-electron chi connectivity index (χ1n) is 8.06. The summed E-state index contributed by atoms with van der Waals surface area (Å²) in [5.74, 6) is -4.19. The Labute approximate surface area is 152 Å². The predicted molar refractivity (Wildman–Crippen MR) is 90.1 cm³/mol. The number of nitrogens with one attached hydrogen (secondary N) is 2. The summed E-state index contributed by atoms with van der Waals surface area (Å²) >= 11 is 0. The minimum absolute atomic E-state index is 0.0680. The first-order valence-corrected chi connectivity index (χ1v) is 8.06. The minimum atomic E-state index is -1.63. The van der Waals surface area contributed by atoms with Gasteiger partial charge in [-0.25, -0.2) is 13.2 Å². The molecule has 1 unspecified atom stereocenters. The number of carbonyl (C=O) groups is 1. The molecule has 1 atom stereocenters. The number of aromatic nitrogens is 2. The Kier molecular flexibility index (Phi) is 5.51. The maximum atomic E-state index is 13.6. The molecule has 0 radical (unpaired) electrons. The Bertz CT molecular complexity index is 947. The number of rotatable bonds is 6. The summed E-state index contributed by atoms with van der Waals surface area (Å²) in [6.07, 6.45) is 0. The van der Waals surface area contributed by atoms with Gasteiger partial charge in [0.25, 0.3) is 11.8 Å². The Morgan fingerprint density at radius 3 is 2.59 bits per heavy atom. The van der Waals surface area contributed by atoms with Crippen LogP contribution >= 0.6 is 0 Å². The van der Waals surface area contributed by atoms with E-state index in [2.05, 4.69) is 15.5 Å². The lowest BCUT2D eigenvalue weighted by Crippen LogP contribution is -3.08. The zero-order valence-electron chi connectivity index (χ0n) is 14.3. The molecule has 27 heavy (non-hydrogen) atoms. The third kappa shape index (κ3) is 4.50. The van der Waals surface area contributed by atoms with Crippen LogP contribution < -0.4 is 10.2 Å². The molecular formula is C18H16F3N4O2+. The molecule has 2 aromatic carbocycles. The fourth-order valence-electron chi connectivity index (χ4n) is 2.44. The van der Waals surface area contributed by atoms with Crippen LogP contribution in [0.3, 0.4) is 0 Å². The van der Waals surface area contributed by atoms with E-state index >= 15 is 0 Å². The molecular weight excluding hydrogens is 361 g/mol. The zero-order chi connectivity index (χ0) is 19.4. The number of halogens is 3. The van der Waals surface area contributed by atoms with Gasteiger partial charge in [0.05, 0.1) is 12.7 Å². The molecule has 3 aromatic rings. The van der Waals surface area contributed by atoms with E-state index in [0.717, 1.165) is 17.7 Å². The third-order valence-corrected chi connectivity index (χ3v) is 3.72. The lowest BCUT2D eigenvalue weighted by Gasteiger charge is -2.12. The highest BCUT2D eigenvalue weighted by Crippen LogP contribution is 2.19. The quantitative estimate of drug-likeness (QED) is 0.643. The molecule has 0 fully saturated rings. The molecule has 9 heteroatoms. The molecule has 6 nitrogen and oxygen atoms in total. The highest BCUT2D eigenvalue weighted by Gasteiger charge is 2.19. The highest BCUT2D eigenvalue weighted by molar-refractivity contribution is 5.91. The van der Waals surface area contributed by atoms with Gasteiger partial charge in [0.15, 0.2) is 30.5 Å². The average molecular weight is 377 g/mol. The standard InChI is InChI=1S/C18H15F3N4O2/c1-25(9-14(26)22-13-8-7-12(19)16(20)17(13)21)10-15-23-18(24-27-15)11-5-3-2-4-6-11/h2-8H,9-10H2,1H3,(H,22,26)/p+1. The molecule has 0 spiro atoms. The molecule has 0 saturated heterocycles. The molecule has 0 aliphatic rings. The maximum absolute atomic E-state index is 13.6. The lowest BCUT2D eigenvalue weighted by molar-refractivity contribution is -0.886. The summed E-state index contributed by atoms with van der Waals surface area (Å²) in [5, 5.41) is 6.11. The fraction of sp³-hybridized carbons (Fsp3) is 0.167. The van der Waals surface area contributed by atoms with Crippen LogP contribution in [0, 0.1) is 17.5 Å². The maximum Gasteiger partial charge on any atom is 0.282 e. The van der Waals surface area contributed by atoms with Crippen molar-refractivity contribution in [3.8, 4) is 11.4 Å². The van der Waals surface area contributed by atoms with E-state index in [0.29, 0.717) is 16.6 Å². The molecule has 1 heterocycles. The SMILES string of the molecule is C[NH+](CC(=O)Nc1ccc(F)c(F)c1F)Cc1nc(-c2ccccc2)no1. The van der Waals surface area contributed by atoms with Gasteiger partial charge in [-0.05, 0) is 12.1 Å². The van der Waals surface area contributed by atoms with Crippen molar-refractivity contribution in [1.82, 2.24) is 10.1 Å². The number of nitrogens with zero attached hydrogens (tertiary/aromatic N) is 2. The smallest absolute Gasteiger partial charge is 0.282 e. The summed E-state index contributed by atoms with van der Waals surface area (Å²) in [4.78, 5) is 17.0. The van der Waals surface area contributed by atoms with E-state index in [1.165, 1.54) is 0 Å². The van der Waals surface area contributed by atoms with Gasteiger partial charge >= 0.3 is 0 Å². The molecule has 0 bridgehead atoms. The molecule has 0 aliphatic heterocycles. The lowest BCUT2D eigenvalue weighted by atomic mass is 10.2. The number of likely N-dealkylation sites (N-methyl/N-ethyl adjacent to an activating group) is 1. The number of amides is 1. The van der Waals surface area contributed by atoms with E-state index < -0.39 is 29.0 Å². The molecule has 1 amide bonds. The van der Waals surface area contributed by atoms with Gasteiger partial charge in [0.2, 0.25) is 5.82 Å². The Morgan fingerprint density at radius 1 is 1.11 bits per heavy atom. The van der Waals surface area contributed by atoms with Gasteiger partial charge in [0, 0.05) is 5.56 Å². The van der Waals surface area contributed by atoms with Crippen LogP contribution in [0.1, 0.15) is 5.89 Å². The van der Waals surface area contributed by atoms with Crippen LogP contribution in [0.5, 0.6) is 0 Å². The second-order valence-corrected chi connectivity index (χ2v) is 5.96. The summed E-state index contributed by atoms with van der Waals surface area (Å²) < 4.78 is 44.9. The van der Waals surface area contributed by atoms with Gasteiger partial charge in [-0.3, -0.25) is 4.79 Å². The van der Waals surface area contributed by atoms with Gasteiger partial charge in [0.1, 0.15) is 0 Å². The van der Waals surface area contributed by atoms with E-state index in [1.54, 1.807) is 7.05 Å². The van der Waals surface area contributed by atoms with Crippen LogP contribution in [0.25, 0.3) is 11.4 Å². The molecule has 0 aliphatic carbocycles. The van der Waals surface area contributed by atoms with Crippen molar-refractivity contribution in [2.75, 3.05) is 18.9 Å². The van der Waals surface area contributed by atoms with Gasteiger partial charge in [-0.15, -0.1) is 0 Å². The van der Waals surface area contributed by atoms with Crippen LogP contribution in [0.2, 0.25) is 0 Å². The van der Waals surface area contributed by atoms with Crippen molar-refractivity contribution in [2.24, 2.45) is 0 Å². The fourth-order valence-corrected chi connectivity index (χ4v) is 2.44. The Hall–Kier alpha value is -3.20. The highest BCUT2D eigenvalue weighted by atomic mass is 19.2. The van der Waals surface area contributed by atoms with Crippen molar-refractivity contribution < 1.29 is 27.4 Å². The predicted octanol–water partition coefficient (Wildman–Crippen LogP) is 1.81. The first-order chi connectivity index (χ1) is 12.9. The first kappa shape index (κ1) is 18.6.